The first-order valence-corrected chi connectivity index (χ1v) is 11.4. The molecule has 1 saturated heterocycles. The summed E-state index contributed by atoms with van der Waals surface area (Å²) in [5.74, 6) is 0. The Bertz CT molecular complexity index is 981. The van der Waals surface area contributed by atoms with E-state index in [1.165, 1.54) is 28.6 Å². The SMILES string of the molecule is Cc1ccc(S(=O)(=O)N2CCCCC2)cc1NS(=O)(=O)c1ccccc1. The van der Waals surface area contributed by atoms with Crippen LogP contribution in [0.4, 0.5) is 5.69 Å². The maximum Gasteiger partial charge on any atom is 0.261 e. The molecule has 0 amide bonds. The highest BCUT2D eigenvalue weighted by atomic mass is 32.2. The molecule has 1 aliphatic heterocycles. The Kier molecular flexibility index (Phi) is 5.36. The number of aryl methyl sites for hydroxylation is 1. The normalized spacial score (nSPS) is 16.3. The van der Waals surface area contributed by atoms with E-state index < -0.39 is 20.0 Å². The second-order valence-corrected chi connectivity index (χ2v) is 9.98. The van der Waals surface area contributed by atoms with Crippen LogP contribution in [-0.4, -0.2) is 34.2 Å². The summed E-state index contributed by atoms with van der Waals surface area (Å²) in [5, 5.41) is 0. The Labute approximate surface area is 155 Å². The Hall–Kier alpha value is -1.90. The molecule has 1 fully saturated rings. The van der Waals surface area contributed by atoms with Crippen LogP contribution in [0.5, 0.6) is 0 Å². The Morgan fingerprint density at radius 3 is 2.15 bits per heavy atom. The number of benzene rings is 2. The van der Waals surface area contributed by atoms with E-state index in [-0.39, 0.29) is 15.5 Å². The average Bonchev–Trinajstić information content (AvgIpc) is 2.65. The van der Waals surface area contributed by atoms with Crippen molar-refractivity contribution in [3.8, 4) is 0 Å². The molecule has 6 nitrogen and oxygen atoms in total. The van der Waals surface area contributed by atoms with Crippen LogP contribution in [0.25, 0.3) is 0 Å². The van der Waals surface area contributed by atoms with E-state index in [9.17, 15) is 16.8 Å². The van der Waals surface area contributed by atoms with E-state index in [0.29, 0.717) is 18.7 Å². The lowest BCUT2D eigenvalue weighted by molar-refractivity contribution is 0.346. The van der Waals surface area contributed by atoms with E-state index in [1.54, 1.807) is 31.2 Å². The van der Waals surface area contributed by atoms with E-state index in [1.807, 2.05) is 0 Å². The summed E-state index contributed by atoms with van der Waals surface area (Å²) in [4.78, 5) is 0.236. The van der Waals surface area contributed by atoms with Gasteiger partial charge in [0, 0.05) is 13.1 Å². The van der Waals surface area contributed by atoms with Gasteiger partial charge in [-0.1, -0.05) is 30.7 Å². The molecule has 0 atom stereocenters. The Balaban J connectivity index is 1.93. The molecule has 1 aliphatic rings. The molecule has 0 unspecified atom stereocenters. The van der Waals surface area contributed by atoms with Gasteiger partial charge >= 0.3 is 0 Å². The lowest BCUT2D eigenvalue weighted by atomic mass is 10.2. The van der Waals surface area contributed by atoms with Crippen LogP contribution in [0.1, 0.15) is 24.8 Å². The molecule has 0 saturated carbocycles. The molecule has 2 aromatic rings. The molecule has 0 radical (unpaired) electrons. The predicted octanol–water partition coefficient (Wildman–Crippen LogP) is 2.97. The molecule has 0 bridgehead atoms. The fourth-order valence-corrected chi connectivity index (χ4v) is 5.62. The van der Waals surface area contributed by atoms with Gasteiger partial charge < -0.3 is 0 Å². The fraction of sp³-hybridized carbons (Fsp3) is 0.333. The van der Waals surface area contributed by atoms with Crippen molar-refractivity contribution in [2.24, 2.45) is 0 Å². The van der Waals surface area contributed by atoms with Crippen LogP contribution in [0.2, 0.25) is 0 Å². The Morgan fingerprint density at radius 2 is 1.50 bits per heavy atom. The van der Waals surface area contributed by atoms with Crippen molar-refractivity contribution in [1.82, 2.24) is 4.31 Å². The molecule has 0 aliphatic carbocycles. The number of sulfonamides is 2. The summed E-state index contributed by atoms with van der Waals surface area (Å²) in [6, 6.07) is 12.5. The quantitative estimate of drug-likeness (QED) is 0.845. The summed E-state index contributed by atoms with van der Waals surface area (Å²) in [6.07, 6.45) is 2.72. The van der Waals surface area contributed by atoms with Crippen LogP contribution in [0.15, 0.2) is 58.3 Å². The van der Waals surface area contributed by atoms with Crippen LogP contribution in [0, 0.1) is 6.92 Å². The van der Waals surface area contributed by atoms with Gasteiger partial charge in [0.05, 0.1) is 15.5 Å². The third-order valence-corrected chi connectivity index (χ3v) is 7.74. The number of hydrogen-bond acceptors (Lipinski definition) is 4. The first-order valence-electron chi connectivity index (χ1n) is 8.49. The minimum atomic E-state index is -3.78. The van der Waals surface area contributed by atoms with Crippen molar-refractivity contribution in [2.75, 3.05) is 17.8 Å². The maximum absolute atomic E-state index is 12.8. The molecule has 140 valence electrons. The molecule has 1 heterocycles. The summed E-state index contributed by atoms with van der Waals surface area (Å²) in [6.45, 7) is 2.74. The summed E-state index contributed by atoms with van der Waals surface area (Å²) >= 11 is 0. The molecule has 3 rings (SSSR count). The van der Waals surface area contributed by atoms with E-state index >= 15 is 0 Å². The second kappa shape index (κ2) is 7.38. The van der Waals surface area contributed by atoms with Crippen LogP contribution >= 0.6 is 0 Å². The van der Waals surface area contributed by atoms with Crippen molar-refractivity contribution >= 4 is 25.7 Å². The minimum absolute atomic E-state index is 0.107. The number of piperidine rings is 1. The van der Waals surface area contributed by atoms with Gasteiger partial charge in [0.15, 0.2) is 0 Å². The van der Waals surface area contributed by atoms with Crippen LogP contribution in [0.3, 0.4) is 0 Å². The third kappa shape index (κ3) is 3.92. The molecule has 26 heavy (non-hydrogen) atoms. The lowest BCUT2D eigenvalue weighted by Gasteiger charge is -2.26. The monoisotopic (exact) mass is 394 g/mol. The van der Waals surface area contributed by atoms with Crippen molar-refractivity contribution in [1.29, 1.82) is 0 Å². The smallest absolute Gasteiger partial charge is 0.261 e. The van der Waals surface area contributed by atoms with Crippen molar-refractivity contribution in [2.45, 2.75) is 36.0 Å². The second-order valence-electron chi connectivity index (χ2n) is 6.36. The summed E-state index contributed by atoms with van der Waals surface area (Å²) < 4.78 is 54.7. The average molecular weight is 395 g/mol. The molecule has 0 spiro atoms. The first-order chi connectivity index (χ1) is 12.3. The van der Waals surface area contributed by atoms with Crippen molar-refractivity contribution in [3.05, 3.63) is 54.1 Å². The third-order valence-electron chi connectivity index (χ3n) is 4.46. The zero-order chi connectivity index (χ0) is 18.8. The molecular weight excluding hydrogens is 372 g/mol. The standard InChI is InChI=1S/C18H22N2O4S2/c1-15-10-11-17(26(23,24)20-12-6-3-7-13-20)14-18(15)19-25(21,22)16-8-4-2-5-9-16/h2,4-5,8-11,14,19H,3,6-7,12-13H2,1H3. The molecular formula is C18H22N2O4S2. The van der Waals surface area contributed by atoms with Gasteiger partial charge in [-0.2, -0.15) is 4.31 Å². The summed E-state index contributed by atoms with van der Waals surface area (Å²) in [7, 11) is -7.40. The first kappa shape index (κ1) is 18.9. The van der Waals surface area contributed by atoms with Crippen molar-refractivity contribution < 1.29 is 16.8 Å². The maximum atomic E-state index is 12.8. The molecule has 8 heteroatoms. The molecule has 2 aromatic carbocycles. The zero-order valence-corrected chi connectivity index (χ0v) is 16.2. The number of nitrogens with one attached hydrogen (secondary N) is 1. The highest BCUT2D eigenvalue weighted by molar-refractivity contribution is 7.92. The molecule has 0 aromatic heterocycles. The van der Waals surface area contributed by atoms with Gasteiger partial charge in [-0.05, 0) is 49.6 Å². The zero-order valence-electron chi connectivity index (χ0n) is 14.6. The Morgan fingerprint density at radius 1 is 0.846 bits per heavy atom. The van der Waals surface area contributed by atoms with Crippen molar-refractivity contribution in [3.63, 3.8) is 0 Å². The van der Waals surface area contributed by atoms with Gasteiger partial charge in [0.2, 0.25) is 10.0 Å². The number of anilines is 1. The minimum Gasteiger partial charge on any atom is -0.279 e. The van der Waals surface area contributed by atoms with Gasteiger partial charge in [-0.25, -0.2) is 16.8 Å². The van der Waals surface area contributed by atoms with E-state index in [0.717, 1.165) is 19.3 Å². The highest BCUT2D eigenvalue weighted by Crippen LogP contribution is 2.26. The number of nitrogens with zero attached hydrogens (tertiary/aromatic N) is 1. The summed E-state index contributed by atoms with van der Waals surface area (Å²) in [5.41, 5.74) is 0.925. The predicted molar refractivity (Wildman–Crippen MR) is 101 cm³/mol. The van der Waals surface area contributed by atoms with E-state index in [2.05, 4.69) is 4.72 Å². The fourth-order valence-electron chi connectivity index (χ4n) is 2.93. The number of rotatable bonds is 5. The topological polar surface area (TPSA) is 83.6 Å². The van der Waals surface area contributed by atoms with E-state index in [4.69, 9.17) is 0 Å². The number of hydrogen-bond donors (Lipinski definition) is 1. The van der Waals surface area contributed by atoms with Crippen LogP contribution in [-0.2, 0) is 20.0 Å². The van der Waals surface area contributed by atoms with Gasteiger partial charge in [-0.15, -0.1) is 0 Å². The van der Waals surface area contributed by atoms with Crippen LogP contribution < -0.4 is 4.72 Å². The van der Waals surface area contributed by atoms with Gasteiger partial charge in [0.25, 0.3) is 10.0 Å². The van der Waals surface area contributed by atoms with Gasteiger partial charge in [-0.3, -0.25) is 4.72 Å². The largest absolute Gasteiger partial charge is 0.279 e. The molecule has 1 N–H and O–H groups in total. The lowest BCUT2D eigenvalue weighted by Crippen LogP contribution is -2.35. The highest BCUT2D eigenvalue weighted by Gasteiger charge is 2.27. The van der Waals surface area contributed by atoms with Gasteiger partial charge in [0.1, 0.15) is 0 Å².